The summed E-state index contributed by atoms with van der Waals surface area (Å²) in [5, 5.41) is 0. The van der Waals surface area contributed by atoms with Crippen LogP contribution in [0.4, 0.5) is 0 Å². The first kappa shape index (κ1) is 13.4. The predicted octanol–water partition coefficient (Wildman–Crippen LogP) is 3.16. The van der Waals surface area contributed by atoms with E-state index in [1.165, 1.54) is 77.4 Å². The molecule has 1 unspecified atom stereocenters. The zero-order chi connectivity index (χ0) is 12.1. The average Bonchev–Trinajstić information content (AvgIpc) is 2.75. The van der Waals surface area contributed by atoms with Crippen molar-refractivity contribution in [1.29, 1.82) is 0 Å². The monoisotopic (exact) mass is 238 g/mol. The molecule has 2 aliphatic rings. The molecule has 2 fully saturated rings. The Morgan fingerprint density at radius 3 is 2.29 bits per heavy atom. The lowest BCUT2D eigenvalue weighted by Gasteiger charge is -2.39. The van der Waals surface area contributed by atoms with Crippen LogP contribution in [0.25, 0.3) is 0 Å². The van der Waals surface area contributed by atoms with Gasteiger partial charge in [0, 0.05) is 6.04 Å². The van der Waals surface area contributed by atoms with Gasteiger partial charge in [0.2, 0.25) is 0 Å². The van der Waals surface area contributed by atoms with E-state index in [4.69, 9.17) is 5.73 Å². The van der Waals surface area contributed by atoms with Crippen molar-refractivity contribution in [2.75, 3.05) is 19.6 Å². The molecule has 1 heterocycles. The molecule has 0 aromatic rings. The summed E-state index contributed by atoms with van der Waals surface area (Å²) in [5.74, 6) is 0. The Hall–Kier alpha value is -0.0800. The minimum atomic E-state index is 0.387. The number of likely N-dealkylation sites (tertiary alicyclic amines) is 1. The van der Waals surface area contributed by atoms with E-state index in [9.17, 15) is 0 Å². The standard InChI is InChI=1S/C15H30N2/c1-14(16)6-2-5-11-17-12-9-15(10-13-17)7-3-4-8-15/h14H,2-13,16H2,1H3. The number of piperidine rings is 1. The first-order valence-electron chi connectivity index (χ1n) is 7.68. The third-order valence-corrected chi connectivity index (χ3v) is 4.96. The second kappa shape index (κ2) is 6.19. The number of hydrogen-bond donors (Lipinski definition) is 1. The molecule has 0 radical (unpaired) electrons. The van der Waals surface area contributed by atoms with Crippen molar-refractivity contribution >= 4 is 0 Å². The molecule has 1 aliphatic heterocycles. The third kappa shape index (κ3) is 3.96. The fourth-order valence-electron chi connectivity index (χ4n) is 3.68. The van der Waals surface area contributed by atoms with Crippen LogP contribution in [-0.2, 0) is 0 Å². The number of nitrogens with zero attached hydrogens (tertiary/aromatic N) is 1. The summed E-state index contributed by atoms with van der Waals surface area (Å²) in [6, 6.07) is 0.387. The lowest BCUT2D eigenvalue weighted by molar-refractivity contribution is 0.107. The van der Waals surface area contributed by atoms with Crippen LogP contribution in [-0.4, -0.2) is 30.6 Å². The van der Waals surface area contributed by atoms with Crippen LogP contribution in [0.3, 0.4) is 0 Å². The molecule has 2 rings (SSSR count). The number of unbranched alkanes of at least 4 members (excludes halogenated alkanes) is 1. The van der Waals surface area contributed by atoms with E-state index in [1.807, 2.05) is 0 Å². The highest BCUT2D eigenvalue weighted by Gasteiger charge is 2.36. The number of hydrogen-bond acceptors (Lipinski definition) is 2. The van der Waals surface area contributed by atoms with Crippen molar-refractivity contribution in [2.45, 2.75) is 70.8 Å². The van der Waals surface area contributed by atoms with Crippen molar-refractivity contribution in [2.24, 2.45) is 11.1 Å². The van der Waals surface area contributed by atoms with E-state index in [0.29, 0.717) is 6.04 Å². The lowest BCUT2D eigenvalue weighted by Crippen LogP contribution is -2.39. The Kier molecular flexibility index (Phi) is 4.87. The van der Waals surface area contributed by atoms with Gasteiger partial charge in [0.25, 0.3) is 0 Å². The predicted molar refractivity (Wildman–Crippen MR) is 74.1 cm³/mol. The van der Waals surface area contributed by atoms with Crippen LogP contribution in [0.1, 0.15) is 64.7 Å². The van der Waals surface area contributed by atoms with E-state index < -0.39 is 0 Å². The zero-order valence-corrected chi connectivity index (χ0v) is 11.6. The second-order valence-electron chi connectivity index (χ2n) is 6.52. The lowest BCUT2D eigenvalue weighted by atomic mass is 9.77. The van der Waals surface area contributed by atoms with Crippen LogP contribution in [0, 0.1) is 5.41 Å². The van der Waals surface area contributed by atoms with E-state index in [-0.39, 0.29) is 0 Å². The van der Waals surface area contributed by atoms with E-state index in [2.05, 4.69) is 11.8 Å². The summed E-state index contributed by atoms with van der Waals surface area (Å²) in [7, 11) is 0. The Morgan fingerprint density at radius 1 is 1.06 bits per heavy atom. The summed E-state index contributed by atoms with van der Waals surface area (Å²) in [4.78, 5) is 2.69. The topological polar surface area (TPSA) is 29.3 Å². The molecule has 1 saturated carbocycles. The Balaban J connectivity index is 1.59. The molecule has 1 atom stereocenters. The van der Waals surface area contributed by atoms with E-state index >= 15 is 0 Å². The van der Waals surface area contributed by atoms with Gasteiger partial charge in [-0.05, 0) is 70.5 Å². The van der Waals surface area contributed by atoms with Crippen molar-refractivity contribution in [3.63, 3.8) is 0 Å². The third-order valence-electron chi connectivity index (χ3n) is 4.96. The largest absolute Gasteiger partial charge is 0.328 e. The molecule has 0 bridgehead atoms. The molecule has 0 aromatic heterocycles. The summed E-state index contributed by atoms with van der Waals surface area (Å²) in [6.07, 6.45) is 12.8. The molecule has 1 aliphatic carbocycles. The van der Waals surface area contributed by atoms with Crippen LogP contribution in [0.15, 0.2) is 0 Å². The number of nitrogens with two attached hydrogens (primary N) is 1. The van der Waals surface area contributed by atoms with Crippen LogP contribution < -0.4 is 5.73 Å². The van der Waals surface area contributed by atoms with Gasteiger partial charge in [-0.1, -0.05) is 19.3 Å². The number of rotatable bonds is 5. The molecule has 2 N–H and O–H groups in total. The van der Waals surface area contributed by atoms with Crippen LogP contribution >= 0.6 is 0 Å². The van der Waals surface area contributed by atoms with Crippen LogP contribution in [0.5, 0.6) is 0 Å². The average molecular weight is 238 g/mol. The molecule has 2 heteroatoms. The van der Waals surface area contributed by atoms with Gasteiger partial charge in [-0.2, -0.15) is 0 Å². The molecular formula is C15H30N2. The van der Waals surface area contributed by atoms with Crippen molar-refractivity contribution in [3.8, 4) is 0 Å². The van der Waals surface area contributed by atoms with Crippen molar-refractivity contribution in [1.82, 2.24) is 4.90 Å². The molecular weight excluding hydrogens is 208 g/mol. The van der Waals surface area contributed by atoms with Gasteiger partial charge in [-0.15, -0.1) is 0 Å². The maximum atomic E-state index is 5.78. The summed E-state index contributed by atoms with van der Waals surface area (Å²) < 4.78 is 0. The normalized spacial score (nSPS) is 26.5. The van der Waals surface area contributed by atoms with Gasteiger partial charge < -0.3 is 10.6 Å². The first-order valence-corrected chi connectivity index (χ1v) is 7.68. The molecule has 0 amide bonds. The van der Waals surface area contributed by atoms with Gasteiger partial charge in [0.1, 0.15) is 0 Å². The molecule has 0 aromatic carbocycles. The molecule has 100 valence electrons. The van der Waals surface area contributed by atoms with Gasteiger partial charge in [-0.3, -0.25) is 0 Å². The molecule has 17 heavy (non-hydrogen) atoms. The minimum absolute atomic E-state index is 0.387. The summed E-state index contributed by atoms with van der Waals surface area (Å²) >= 11 is 0. The molecule has 1 spiro atoms. The second-order valence-corrected chi connectivity index (χ2v) is 6.52. The fraction of sp³-hybridized carbons (Fsp3) is 1.00. The van der Waals surface area contributed by atoms with Gasteiger partial charge >= 0.3 is 0 Å². The first-order chi connectivity index (χ1) is 8.20. The van der Waals surface area contributed by atoms with Crippen molar-refractivity contribution in [3.05, 3.63) is 0 Å². The Morgan fingerprint density at radius 2 is 1.71 bits per heavy atom. The summed E-state index contributed by atoms with van der Waals surface area (Å²) in [5.41, 5.74) is 6.56. The Bertz CT molecular complexity index is 209. The van der Waals surface area contributed by atoms with Gasteiger partial charge in [0.05, 0.1) is 0 Å². The maximum absolute atomic E-state index is 5.78. The maximum Gasteiger partial charge on any atom is 0.00104 e. The molecule has 2 nitrogen and oxygen atoms in total. The fourth-order valence-corrected chi connectivity index (χ4v) is 3.68. The highest BCUT2D eigenvalue weighted by atomic mass is 15.1. The highest BCUT2D eigenvalue weighted by Crippen LogP contribution is 2.46. The Labute approximate surface area is 107 Å². The SMILES string of the molecule is CC(N)CCCCN1CCC2(CCCC2)CC1. The summed E-state index contributed by atoms with van der Waals surface area (Å²) in [6.45, 7) is 6.14. The minimum Gasteiger partial charge on any atom is -0.328 e. The van der Waals surface area contributed by atoms with Crippen molar-refractivity contribution < 1.29 is 0 Å². The highest BCUT2D eigenvalue weighted by molar-refractivity contribution is 4.89. The van der Waals surface area contributed by atoms with Gasteiger partial charge in [0.15, 0.2) is 0 Å². The zero-order valence-electron chi connectivity index (χ0n) is 11.6. The van der Waals surface area contributed by atoms with E-state index in [0.717, 1.165) is 5.41 Å². The quantitative estimate of drug-likeness (QED) is 0.746. The van der Waals surface area contributed by atoms with Crippen LogP contribution in [0.2, 0.25) is 0 Å². The smallest absolute Gasteiger partial charge is 0.00104 e. The van der Waals surface area contributed by atoms with E-state index in [1.54, 1.807) is 0 Å². The molecule has 1 saturated heterocycles. The van der Waals surface area contributed by atoms with Gasteiger partial charge in [-0.25, -0.2) is 0 Å².